The normalized spacial score (nSPS) is 13.2. The minimum atomic E-state index is 0.0103. The number of aromatic nitrogens is 2. The van der Waals surface area contributed by atoms with Crippen molar-refractivity contribution in [2.75, 3.05) is 0 Å². The minimum absolute atomic E-state index is 0.0103. The van der Waals surface area contributed by atoms with Crippen LogP contribution in [0.2, 0.25) is 0 Å². The Bertz CT molecular complexity index is 335. The molecule has 14 heavy (non-hydrogen) atoms. The zero-order chi connectivity index (χ0) is 10.8. The van der Waals surface area contributed by atoms with Gasteiger partial charge in [0, 0.05) is 11.7 Å². The SMILES string of the molecule is CC(C)(C)n1cnc(C/C(N)=N/O)c1. The maximum Gasteiger partial charge on any atom is 0.145 e. The molecule has 5 nitrogen and oxygen atoms in total. The summed E-state index contributed by atoms with van der Waals surface area (Å²) in [5.74, 6) is 0.171. The number of amidine groups is 1. The molecule has 0 spiro atoms. The molecule has 0 aromatic carbocycles. The van der Waals surface area contributed by atoms with E-state index in [9.17, 15) is 0 Å². The van der Waals surface area contributed by atoms with Crippen LogP contribution in [0.1, 0.15) is 26.5 Å². The second-order valence-electron chi connectivity index (χ2n) is 4.21. The van der Waals surface area contributed by atoms with E-state index in [0.717, 1.165) is 5.69 Å². The predicted octanol–water partition coefficient (Wildman–Crippen LogP) is 0.927. The average Bonchev–Trinajstić information content (AvgIpc) is 2.51. The number of imidazole rings is 1. The fourth-order valence-corrected chi connectivity index (χ4v) is 1.04. The van der Waals surface area contributed by atoms with E-state index in [-0.39, 0.29) is 11.4 Å². The van der Waals surface area contributed by atoms with Gasteiger partial charge < -0.3 is 15.5 Å². The van der Waals surface area contributed by atoms with Crippen LogP contribution < -0.4 is 5.73 Å². The molecule has 0 aliphatic carbocycles. The van der Waals surface area contributed by atoms with Crippen molar-refractivity contribution in [3.05, 3.63) is 18.2 Å². The molecule has 0 unspecified atom stereocenters. The molecule has 0 aliphatic heterocycles. The van der Waals surface area contributed by atoms with Gasteiger partial charge in [-0.25, -0.2) is 4.98 Å². The highest BCUT2D eigenvalue weighted by atomic mass is 16.4. The van der Waals surface area contributed by atoms with E-state index in [0.29, 0.717) is 6.42 Å². The van der Waals surface area contributed by atoms with Crippen LogP contribution in [0.25, 0.3) is 0 Å². The van der Waals surface area contributed by atoms with E-state index in [2.05, 4.69) is 30.9 Å². The van der Waals surface area contributed by atoms with Gasteiger partial charge in [-0.3, -0.25) is 0 Å². The molecule has 78 valence electrons. The van der Waals surface area contributed by atoms with Crippen molar-refractivity contribution in [1.29, 1.82) is 0 Å². The van der Waals surface area contributed by atoms with Crippen molar-refractivity contribution in [2.24, 2.45) is 10.9 Å². The molecule has 0 fully saturated rings. The van der Waals surface area contributed by atoms with Crippen molar-refractivity contribution >= 4 is 5.84 Å². The molecule has 0 amide bonds. The third kappa shape index (κ3) is 2.48. The molecule has 0 aliphatic rings. The van der Waals surface area contributed by atoms with Gasteiger partial charge in [0.1, 0.15) is 5.84 Å². The molecule has 1 aromatic heterocycles. The van der Waals surface area contributed by atoms with Gasteiger partial charge in [0.15, 0.2) is 0 Å². The second kappa shape index (κ2) is 3.69. The summed E-state index contributed by atoms with van der Waals surface area (Å²) >= 11 is 0. The Hall–Kier alpha value is -1.52. The lowest BCUT2D eigenvalue weighted by Crippen LogP contribution is -2.20. The lowest BCUT2D eigenvalue weighted by Gasteiger charge is -2.19. The van der Waals surface area contributed by atoms with E-state index in [1.165, 1.54) is 0 Å². The van der Waals surface area contributed by atoms with E-state index < -0.39 is 0 Å². The number of nitrogens with zero attached hydrogens (tertiary/aromatic N) is 3. The summed E-state index contributed by atoms with van der Waals surface area (Å²) in [6.45, 7) is 6.26. The van der Waals surface area contributed by atoms with Crippen molar-refractivity contribution in [2.45, 2.75) is 32.7 Å². The molecule has 1 heterocycles. The van der Waals surface area contributed by atoms with Crippen LogP contribution >= 0.6 is 0 Å². The first-order valence-corrected chi connectivity index (χ1v) is 4.43. The lowest BCUT2D eigenvalue weighted by molar-refractivity contribution is 0.317. The first-order valence-electron chi connectivity index (χ1n) is 4.43. The Morgan fingerprint density at radius 3 is 2.71 bits per heavy atom. The molecule has 1 aromatic rings. The highest BCUT2D eigenvalue weighted by molar-refractivity contribution is 5.81. The van der Waals surface area contributed by atoms with Gasteiger partial charge in [0.25, 0.3) is 0 Å². The van der Waals surface area contributed by atoms with Crippen molar-refractivity contribution in [3.63, 3.8) is 0 Å². The van der Waals surface area contributed by atoms with E-state index >= 15 is 0 Å². The molecule has 0 bridgehead atoms. The quantitative estimate of drug-likeness (QED) is 0.320. The van der Waals surface area contributed by atoms with Crippen LogP contribution in [-0.2, 0) is 12.0 Å². The number of nitrogens with two attached hydrogens (primary N) is 1. The first kappa shape index (κ1) is 10.6. The summed E-state index contributed by atoms with van der Waals surface area (Å²) in [4.78, 5) is 4.16. The first-order chi connectivity index (χ1) is 6.43. The van der Waals surface area contributed by atoms with Crippen molar-refractivity contribution < 1.29 is 5.21 Å². The molecule has 3 N–H and O–H groups in total. The van der Waals surface area contributed by atoms with Crippen LogP contribution in [0.15, 0.2) is 17.7 Å². The summed E-state index contributed by atoms with van der Waals surface area (Å²) in [6, 6.07) is 0. The monoisotopic (exact) mass is 196 g/mol. The van der Waals surface area contributed by atoms with Gasteiger partial charge >= 0.3 is 0 Å². The Balaban J connectivity index is 2.79. The van der Waals surface area contributed by atoms with E-state index in [4.69, 9.17) is 10.9 Å². The summed E-state index contributed by atoms with van der Waals surface area (Å²) < 4.78 is 1.99. The van der Waals surface area contributed by atoms with Crippen molar-refractivity contribution in [1.82, 2.24) is 9.55 Å². The predicted molar refractivity (Wildman–Crippen MR) is 54.3 cm³/mol. The second-order valence-corrected chi connectivity index (χ2v) is 4.21. The van der Waals surface area contributed by atoms with Gasteiger partial charge in [-0.15, -0.1) is 0 Å². The molecule has 0 radical (unpaired) electrons. The zero-order valence-electron chi connectivity index (χ0n) is 8.73. The summed E-state index contributed by atoms with van der Waals surface area (Å²) in [7, 11) is 0. The smallest absolute Gasteiger partial charge is 0.145 e. The van der Waals surface area contributed by atoms with E-state index in [1.807, 2.05) is 10.8 Å². The Morgan fingerprint density at radius 1 is 1.64 bits per heavy atom. The van der Waals surface area contributed by atoms with Gasteiger partial charge in [0.05, 0.1) is 18.4 Å². The number of hydrogen-bond acceptors (Lipinski definition) is 3. The largest absolute Gasteiger partial charge is 0.409 e. The van der Waals surface area contributed by atoms with Gasteiger partial charge in [-0.2, -0.15) is 0 Å². The molecular formula is C9H16N4O. The topological polar surface area (TPSA) is 76.4 Å². The summed E-state index contributed by atoms with van der Waals surface area (Å²) in [5.41, 5.74) is 6.19. The van der Waals surface area contributed by atoms with E-state index in [1.54, 1.807) is 6.33 Å². The fourth-order valence-electron chi connectivity index (χ4n) is 1.04. The third-order valence-corrected chi connectivity index (χ3v) is 1.90. The van der Waals surface area contributed by atoms with Crippen LogP contribution in [-0.4, -0.2) is 20.6 Å². The van der Waals surface area contributed by atoms with Crippen LogP contribution in [0.5, 0.6) is 0 Å². The lowest BCUT2D eigenvalue weighted by atomic mass is 10.1. The van der Waals surface area contributed by atoms with Gasteiger partial charge in [-0.1, -0.05) is 5.16 Å². The average molecular weight is 196 g/mol. The number of hydrogen-bond donors (Lipinski definition) is 2. The van der Waals surface area contributed by atoms with Gasteiger partial charge in [0.2, 0.25) is 0 Å². The van der Waals surface area contributed by atoms with Crippen LogP contribution in [0.3, 0.4) is 0 Å². The number of rotatable bonds is 2. The molecule has 0 atom stereocenters. The maximum atomic E-state index is 8.39. The third-order valence-electron chi connectivity index (χ3n) is 1.90. The highest BCUT2D eigenvalue weighted by Gasteiger charge is 2.13. The Kier molecular flexibility index (Phi) is 2.78. The maximum absolute atomic E-state index is 8.39. The number of oxime groups is 1. The van der Waals surface area contributed by atoms with Crippen LogP contribution in [0, 0.1) is 0 Å². The Labute approximate surface area is 83.2 Å². The molecular weight excluding hydrogens is 180 g/mol. The molecule has 5 heteroatoms. The van der Waals surface area contributed by atoms with Gasteiger partial charge in [-0.05, 0) is 20.8 Å². The highest BCUT2D eigenvalue weighted by Crippen LogP contribution is 2.13. The standard InChI is InChI=1S/C9H16N4O/c1-9(2,3)13-5-7(11-6-13)4-8(10)12-14/h5-6,14H,4H2,1-3H3,(H2,10,12). The molecule has 1 rings (SSSR count). The fraction of sp³-hybridized carbons (Fsp3) is 0.556. The van der Waals surface area contributed by atoms with Crippen molar-refractivity contribution in [3.8, 4) is 0 Å². The summed E-state index contributed by atoms with van der Waals surface area (Å²) in [6.07, 6.45) is 4.03. The molecule has 0 saturated heterocycles. The Morgan fingerprint density at radius 2 is 2.29 bits per heavy atom. The molecule has 0 saturated carbocycles. The van der Waals surface area contributed by atoms with Crippen LogP contribution in [0.4, 0.5) is 0 Å². The minimum Gasteiger partial charge on any atom is -0.409 e. The summed E-state index contributed by atoms with van der Waals surface area (Å²) in [5, 5.41) is 11.3. The zero-order valence-corrected chi connectivity index (χ0v) is 8.73.